The Morgan fingerprint density at radius 3 is 3.00 bits per heavy atom. The molecule has 3 aromatic rings. The van der Waals surface area contributed by atoms with Crippen molar-refractivity contribution in [3.8, 4) is 5.75 Å². The number of nitrogens with zero attached hydrogens (tertiary/aromatic N) is 1. The number of rotatable bonds is 5. The molecule has 0 saturated carbocycles. The Balaban J connectivity index is 1.41. The number of aromatic amines is 1. The third kappa shape index (κ3) is 3.19. The zero-order valence-corrected chi connectivity index (χ0v) is 15.1. The number of H-pyrrole nitrogens is 1. The molecule has 1 N–H and O–H groups in total. The molecule has 0 saturated heterocycles. The lowest BCUT2D eigenvalue weighted by Crippen LogP contribution is -2.35. The van der Waals surface area contributed by atoms with Crippen LogP contribution in [-0.4, -0.2) is 24.5 Å². The number of aryl methyl sites for hydroxylation is 2. The summed E-state index contributed by atoms with van der Waals surface area (Å²) >= 11 is 0. The Kier molecular flexibility index (Phi) is 4.65. The molecule has 1 amide bonds. The Morgan fingerprint density at radius 1 is 1.23 bits per heavy atom. The second kappa shape index (κ2) is 7.24. The molecule has 0 aliphatic carbocycles. The van der Waals surface area contributed by atoms with Crippen molar-refractivity contribution in [1.82, 2.24) is 4.98 Å². The van der Waals surface area contributed by atoms with E-state index in [0.717, 1.165) is 49.2 Å². The van der Waals surface area contributed by atoms with Crippen molar-refractivity contribution < 1.29 is 9.53 Å². The van der Waals surface area contributed by atoms with Crippen molar-refractivity contribution in [1.29, 1.82) is 0 Å². The van der Waals surface area contributed by atoms with Crippen molar-refractivity contribution in [2.24, 2.45) is 0 Å². The van der Waals surface area contributed by atoms with Gasteiger partial charge in [0.15, 0.2) is 0 Å². The Morgan fingerprint density at radius 2 is 2.12 bits per heavy atom. The molecular weight excluding hydrogens is 324 g/mol. The number of benzene rings is 2. The zero-order valence-electron chi connectivity index (χ0n) is 15.1. The number of anilines is 1. The number of fused-ring (bicyclic) bond motifs is 2. The summed E-state index contributed by atoms with van der Waals surface area (Å²) in [6.45, 7) is 0.811. The van der Waals surface area contributed by atoms with Gasteiger partial charge in [-0.2, -0.15) is 0 Å². The Bertz CT molecular complexity index is 929. The van der Waals surface area contributed by atoms with E-state index in [4.69, 9.17) is 4.74 Å². The van der Waals surface area contributed by atoms with Gasteiger partial charge in [0.05, 0.1) is 7.11 Å². The Hall–Kier alpha value is -2.75. The SMILES string of the molecule is COc1ccc2c(c1)CCCN2C(=O)CCCc1c[nH]c2ccccc12. The van der Waals surface area contributed by atoms with E-state index in [1.54, 1.807) is 7.11 Å². The van der Waals surface area contributed by atoms with Crippen LogP contribution in [0.4, 0.5) is 5.69 Å². The smallest absolute Gasteiger partial charge is 0.226 e. The molecule has 0 unspecified atom stereocenters. The molecule has 2 aromatic carbocycles. The molecule has 0 radical (unpaired) electrons. The second-order valence-electron chi connectivity index (χ2n) is 6.86. The largest absolute Gasteiger partial charge is 0.497 e. The summed E-state index contributed by atoms with van der Waals surface area (Å²) in [7, 11) is 1.68. The zero-order chi connectivity index (χ0) is 17.9. The normalized spacial score (nSPS) is 13.7. The van der Waals surface area contributed by atoms with Crippen LogP contribution in [0.5, 0.6) is 5.75 Å². The number of aromatic nitrogens is 1. The number of nitrogens with one attached hydrogen (secondary N) is 1. The lowest BCUT2D eigenvalue weighted by Gasteiger charge is -2.30. The topological polar surface area (TPSA) is 45.3 Å². The highest BCUT2D eigenvalue weighted by molar-refractivity contribution is 5.94. The maximum atomic E-state index is 12.8. The van der Waals surface area contributed by atoms with E-state index in [9.17, 15) is 4.79 Å². The van der Waals surface area contributed by atoms with Crippen molar-refractivity contribution in [3.05, 3.63) is 59.8 Å². The standard InChI is InChI=1S/C22H24N2O2/c1-26-18-11-12-21-16(14-18)7-5-13-24(21)22(25)10-4-6-17-15-23-20-9-3-2-8-19(17)20/h2-3,8-9,11-12,14-15,23H,4-7,10,13H2,1H3. The first kappa shape index (κ1) is 16.7. The third-order valence-corrected chi connectivity index (χ3v) is 5.22. The monoisotopic (exact) mass is 348 g/mol. The molecule has 4 rings (SSSR count). The fourth-order valence-corrected chi connectivity index (χ4v) is 3.86. The molecule has 1 aromatic heterocycles. The number of methoxy groups -OCH3 is 1. The van der Waals surface area contributed by atoms with E-state index >= 15 is 0 Å². The molecule has 134 valence electrons. The molecule has 2 heterocycles. The van der Waals surface area contributed by atoms with Gasteiger partial charge in [-0.05, 0) is 61.1 Å². The molecule has 0 fully saturated rings. The number of amides is 1. The maximum absolute atomic E-state index is 12.8. The molecule has 0 bridgehead atoms. The lowest BCUT2D eigenvalue weighted by molar-refractivity contribution is -0.118. The summed E-state index contributed by atoms with van der Waals surface area (Å²) < 4.78 is 5.31. The van der Waals surface area contributed by atoms with E-state index in [0.29, 0.717) is 6.42 Å². The quantitative estimate of drug-likeness (QED) is 0.739. The summed E-state index contributed by atoms with van der Waals surface area (Å²) in [5, 5.41) is 1.26. The predicted molar refractivity (Wildman–Crippen MR) is 105 cm³/mol. The summed E-state index contributed by atoms with van der Waals surface area (Å²) in [6, 6.07) is 14.3. The van der Waals surface area contributed by atoms with Crippen molar-refractivity contribution in [3.63, 3.8) is 0 Å². The molecular formula is C22H24N2O2. The number of hydrogen-bond donors (Lipinski definition) is 1. The van der Waals surface area contributed by atoms with Crippen LogP contribution >= 0.6 is 0 Å². The first-order valence-electron chi connectivity index (χ1n) is 9.28. The van der Waals surface area contributed by atoms with Gasteiger partial charge in [0, 0.05) is 35.8 Å². The van der Waals surface area contributed by atoms with Gasteiger partial charge in [0.1, 0.15) is 5.75 Å². The van der Waals surface area contributed by atoms with Crippen LogP contribution in [0.2, 0.25) is 0 Å². The molecule has 0 atom stereocenters. The van der Waals surface area contributed by atoms with E-state index in [1.165, 1.54) is 16.5 Å². The van der Waals surface area contributed by atoms with Gasteiger partial charge in [0.2, 0.25) is 5.91 Å². The number of carbonyl (C=O) groups excluding carboxylic acids is 1. The number of hydrogen-bond acceptors (Lipinski definition) is 2. The molecule has 0 spiro atoms. The van der Waals surface area contributed by atoms with Gasteiger partial charge in [-0.15, -0.1) is 0 Å². The van der Waals surface area contributed by atoms with Crippen LogP contribution in [-0.2, 0) is 17.6 Å². The fourth-order valence-electron chi connectivity index (χ4n) is 3.86. The van der Waals surface area contributed by atoms with Gasteiger partial charge >= 0.3 is 0 Å². The average Bonchev–Trinajstić information content (AvgIpc) is 3.10. The predicted octanol–water partition coefficient (Wildman–Crippen LogP) is 4.48. The van der Waals surface area contributed by atoms with Gasteiger partial charge in [-0.1, -0.05) is 18.2 Å². The number of para-hydroxylation sites is 1. The first-order valence-corrected chi connectivity index (χ1v) is 9.28. The van der Waals surface area contributed by atoms with Crippen molar-refractivity contribution in [2.45, 2.75) is 32.1 Å². The molecule has 1 aliphatic heterocycles. The van der Waals surface area contributed by atoms with Crippen LogP contribution in [0.25, 0.3) is 10.9 Å². The van der Waals surface area contributed by atoms with E-state index in [1.807, 2.05) is 23.1 Å². The minimum absolute atomic E-state index is 0.218. The van der Waals surface area contributed by atoms with Gasteiger partial charge < -0.3 is 14.6 Å². The summed E-state index contributed by atoms with van der Waals surface area (Å²) in [5.41, 5.74) is 4.71. The van der Waals surface area contributed by atoms with Crippen LogP contribution in [0, 0.1) is 0 Å². The first-order chi connectivity index (χ1) is 12.8. The van der Waals surface area contributed by atoms with Gasteiger partial charge in [-0.25, -0.2) is 0 Å². The summed E-state index contributed by atoms with van der Waals surface area (Å²) in [5.74, 6) is 1.08. The van der Waals surface area contributed by atoms with Crippen LogP contribution in [0.15, 0.2) is 48.7 Å². The van der Waals surface area contributed by atoms with Crippen LogP contribution in [0.1, 0.15) is 30.4 Å². The van der Waals surface area contributed by atoms with Crippen molar-refractivity contribution >= 4 is 22.5 Å². The van der Waals surface area contributed by atoms with Crippen LogP contribution in [0.3, 0.4) is 0 Å². The molecule has 26 heavy (non-hydrogen) atoms. The van der Waals surface area contributed by atoms with E-state index in [-0.39, 0.29) is 5.91 Å². The van der Waals surface area contributed by atoms with Crippen LogP contribution < -0.4 is 9.64 Å². The maximum Gasteiger partial charge on any atom is 0.226 e. The lowest BCUT2D eigenvalue weighted by atomic mass is 10.0. The van der Waals surface area contributed by atoms with Crippen molar-refractivity contribution in [2.75, 3.05) is 18.6 Å². The summed E-state index contributed by atoms with van der Waals surface area (Å²) in [6.07, 6.45) is 6.43. The summed E-state index contributed by atoms with van der Waals surface area (Å²) in [4.78, 5) is 18.1. The highest BCUT2D eigenvalue weighted by Gasteiger charge is 2.22. The minimum atomic E-state index is 0.218. The minimum Gasteiger partial charge on any atom is -0.497 e. The van der Waals surface area contributed by atoms with Gasteiger partial charge in [0.25, 0.3) is 0 Å². The highest BCUT2D eigenvalue weighted by Crippen LogP contribution is 2.31. The molecule has 4 heteroatoms. The average molecular weight is 348 g/mol. The fraction of sp³-hybridized carbons (Fsp3) is 0.318. The highest BCUT2D eigenvalue weighted by atomic mass is 16.5. The third-order valence-electron chi connectivity index (χ3n) is 5.22. The number of carbonyl (C=O) groups is 1. The molecule has 4 nitrogen and oxygen atoms in total. The van der Waals surface area contributed by atoms with Gasteiger partial charge in [-0.3, -0.25) is 4.79 Å². The second-order valence-corrected chi connectivity index (χ2v) is 6.86. The molecule has 1 aliphatic rings. The van der Waals surface area contributed by atoms with E-state index < -0.39 is 0 Å². The van der Waals surface area contributed by atoms with E-state index in [2.05, 4.69) is 35.4 Å². The number of ether oxygens (including phenoxy) is 1. The Labute approximate surface area is 153 Å².